The van der Waals surface area contributed by atoms with Crippen LogP contribution in [0, 0.1) is 6.92 Å². The van der Waals surface area contributed by atoms with Gasteiger partial charge in [0.2, 0.25) is 0 Å². The fraction of sp³-hybridized carbons (Fsp3) is 0.647. The number of hydrogen-bond donors (Lipinski definition) is 2. The molecular weight excluding hydrogens is 248 g/mol. The molecule has 3 heteroatoms. The molecule has 0 fully saturated rings. The van der Waals surface area contributed by atoms with E-state index in [4.69, 9.17) is 0 Å². The molecule has 0 aliphatic rings. The predicted octanol–water partition coefficient (Wildman–Crippen LogP) is 3.09. The molecule has 0 radical (unpaired) electrons. The summed E-state index contributed by atoms with van der Waals surface area (Å²) in [5.74, 6) is 0. The van der Waals surface area contributed by atoms with Gasteiger partial charge >= 0.3 is 0 Å². The molecule has 114 valence electrons. The first-order valence-electron chi connectivity index (χ1n) is 7.26. The summed E-state index contributed by atoms with van der Waals surface area (Å²) in [7, 11) is 2.03. The van der Waals surface area contributed by atoms with Crippen LogP contribution in [-0.4, -0.2) is 29.8 Å². The van der Waals surface area contributed by atoms with E-state index in [2.05, 4.69) is 56.1 Å². The van der Waals surface area contributed by atoms with Crippen LogP contribution in [0.25, 0.3) is 0 Å². The molecule has 0 saturated carbocycles. The lowest BCUT2D eigenvalue weighted by atomic mass is 10.0. The second kappa shape index (κ2) is 6.15. The summed E-state index contributed by atoms with van der Waals surface area (Å²) in [4.78, 5) is 2.13. The van der Waals surface area contributed by atoms with E-state index in [0.29, 0.717) is 0 Å². The van der Waals surface area contributed by atoms with E-state index < -0.39 is 0 Å². The van der Waals surface area contributed by atoms with Gasteiger partial charge in [0.05, 0.1) is 12.1 Å². The Morgan fingerprint density at radius 2 is 1.75 bits per heavy atom. The zero-order valence-electron chi connectivity index (χ0n) is 14.0. The second-order valence-corrected chi connectivity index (χ2v) is 7.24. The number of aryl methyl sites for hydroxylation is 1. The van der Waals surface area contributed by atoms with Gasteiger partial charge in [-0.15, -0.1) is 0 Å². The fourth-order valence-electron chi connectivity index (χ4n) is 1.90. The van der Waals surface area contributed by atoms with Crippen molar-refractivity contribution in [2.45, 2.75) is 59.2 Å². The van der Waals surface area contributed by atoms with Gasteiger partial charge in [0.15, 0.2) is 0 Å². The van der Waals surface area contributed by atoms with Crippen LogP contribution in [0.5, 0.6) is 0 Å². The lowest BCUT2D eigenvalue weighted by Gasteiger charge is -2.36. The van der Waals surface area contributed by atoms with Crippen LogP contribution >= 0.6 is 0 Å². The molecule has 0 amide bonds. The van der Waals surface area contributed by atoms with E-state index in [1.165, 1.54) is 11.1 Å². The predicted molar refractivity (Wildman–Crippen MR) is 87.3 cm³/mol. The summed E-state index contributed by atoms with van der Waals surface area (Å²) < 4.78 is 0. The summed E-state index contributed by atoms with van der Waals surface area (Å²) in [6.07, 6.45) is 0. The van der Waals surface area contributed by atoms with E-state index in [9.17, 15) is 5.11 Å². The number of nitrogens with zero attached hydrogens (tertiary/aromatic N) is 1. The van der Waals surface area contributed by atoms with Crippen molar-refractivity contribution in [3.05, 3.63) is 29.3 Å². The highest BCUT2D eigenvalue weighted by Gasteiger charge is 2.23. The van der Waals surface area contributed by atoms with Crippen LogP contribution in [0.15, 0.2) is 18.2 Å². The van der Waals surface area contributed by atoms with Gasteiger partial charge in [-0.1, -0.05) is 6.07 Å². The Hall–Kier alpha value is -1.06. The smallest absolute Gasteiger partial charge is 0.0658 e. The molecule has 1 rings (SSSR count). The first-order chi connectivity index (χ1) is 9.07. The molecule has 0 aromatic heterocycles. The maximum Gasteiger partial charge on any atom is 0.0658 e. The summed E-state index contributed by atoms with van der Waals surface area (Å²) in [6, 6.07) is 6.49. The first kappa shape index (κ1) is 17.0. The molecular formula is C17H30N2O. The Balaban J connectivity index is 2.88. The molecule has 3 nitrogen and oxygen atoms in total. The minimum Gasteiger partial charge on any atom is -0.394 e. The lowest BCUT2D eigenvalue weighted by molar-refractivity contribution is 0.216. The molecule has 0 bridgehead atoms. The van der Waals surface area contributed by atoms with Gasteiger partial charge in [-0.25, -0.2) is 0 Å². The van der Waals surface area contributed by atoms with Crippen LogP contribution in [0.4, 0.5) is 5.69 Å². The molecule has 0 heterocycles. The average Bonchev–Trinajstić information content (AvgIpc) is 2.35. The normalized spacial score (nSPS) is 12.6. The van der Waals surface area contributed by atoms with Gasteiger partial charge < -0.3 is 15.3 Å². The quantitative estimate of drug-likeness (QED) is 0.869. The van der Waals surface area contributed by atoms with Crippen LogP contribution < -0.4 is 10.2 Å². The van der Waals surface area contributed by atoms with Crippen molar-refractivity contribution >= 4 is 5.69 Å². The standard InChI is InChI=1S/C17H30N2O/c1-13-10-15(19(7)17(5,6)12-20)9-8-14(13)11-18-16(2,3)4/h8-10,18,20H,11-12H2,1-7H3. The number of nitrogens with one attached hydrogen (secondary N) is 1. The highest BCUT2D eigenvalue weighted by Crippen LogP contribution is 2.24. The Labute approximate surface area is 124 Å². The Bertz CT molecular complexity index is 447. The largest absolute Gasteiger partial charge is 0.394 e. The van der Waals surface area contributed by atoms with Crippen LogP contribution in [0.3, 0.4) is 0 Å². The van der Waals surface area contributed by atoms with Crippen molar-refractivity contribution in [2.24, 2.45) is 0 Å². The third-order valence-electron chi connectivity index (χ3n) is 3.82. The van der Waals surface area contributed by atoms with Gasteiger partial charge in [0, 0.05) is 24.8 Å². The minimum absolute atomic E-state index is 0.126. The summed E-state index contributed by atoms with van der Waals surface area (Å²) in [6.45, 7) is 13.8. The SMILES string of the molecule is Cc1cc(N(C)C(C)(C)CO)ccc1CNC(C)(C)C. The van der Waals surface area contributed by atoms with Gasteiger partial charge in [-0.2, -0.15) is 0 Å². The number of aliphatic hydroxyl groups excluding tert-OH is 1. The summed E-state index contributed by atoms with van der Waals surface area (Å²) >= 11 is 0. The third kappa shape index (κ3) is 4.50. The number of aliphatic hydroxyl groups is 1. The van der Waals surface area contributed by atoms with Gasteiger partial charge in [-0.05, 0) is 64.8 Å². The van der Waals surface area contributed by atoms with Crippen molar-refractivity contribution < 1.29 is 5.11 Å². The molecule has 2 N–H and O–H groups in total. The van der Waals surface area contributed by atoms with E-state index in [0.717, 1.165) is 12.2 Å². The molecule has 20 heavy (non-hydrogen) atoms. The van der Waals surface area contributed by atoms with Crippen molar-refractivity contribution in [3.8, 4) is 0 Å². The van der Waals surface area contributed by atoms with E-state index in [1.807, 2.05) is 20.9 Å². The third-order valence-corrected chi connectivity index (χ3v) is 3.82. The second-order valence-electron chi connectivity index (χ2n) is 7.24. The van der Waals surface area contributed by atoms with E-state index in [-0.39, 0.29) is 17.7 Å². The summed E-state index contributed by atoms with van der Waals surface area (Å²) in [5.41, 5.74) is 3.61. The maximum absolute atomic E-state index is 9.47. The zero-order valence-corrected chi connectivity index (χ0v) is 14.0. The summed E-state index contributed by atoms with van der Waals surface area (Å²) in [5, 5.41) is 13.0. The van der Waals surface area contributed by atoms with Gasteiger partial charge in [-0.3, -0.25) is 0 Å². The van der Waals surface area contributed by atoms with Gasteiger partial charge in [0.25, 0.3) is 0 Å². The highest BCUT2D eigenvalue weighted by molar-refractivity contribution is 5.52. The fourth-order valence-corrected chi connectivity index (χ4v) is 1.90. The van der Waals surface area contributed by atoms with Crippen LogP contribution in [0.1, 0.15) is 45.7 Å². The molecule has 0 atom stereocenters. The first-order valence-corrected chi connectivity index (χ1v) is 7.26. The van der Waals surface area contributed by atoms with Crippen LogP contribution in [0.2, 0.25) is 0 Å². The maximum atomic E-state index is 9.47. The molecule has 1 aromatic rings. The Morgan fingerprint density at radius 1 is 1.15 bits per heavy atom. The topological polar surface area (TPSA) is 35.5 Å². The van der Waals surface area contributed by atoms with Crippen molar-refractivity contribution in [1.29, 1.82) is 0 Å². The minimum atomic E-state index is -0.252. The number of likely N-dealkylation sites (N-methyl/N-ethyl adjacent to an activating group) is 1. The molecule has 1 aromatic carbocycles. The zero-order chi connectivity index (χ0) is 15.6. The molecule has 0 spiro atoms. The number of hydrogen-bond acceptors (Lipinski definition) is 3. The monoisotopic (exact) mass is 278 g/mol. The molecule has 0 saturated heterocycles. The molecule has 0 unspecified atom stereocenters. The Morgan fingerprint density at radius 3 is 2.20 bits per heavy atom. The average molecular weight is 278 g/mol. The lowest BCUT2D eigenvalue weighted by Crippen LogP contribution is -2.44. The molecule has 0 aliphatic carbocycles. The van der Waals surface area contributed by atoms with Crippen molar-refractivity contribution in [2.75, 3.05) is 18.6 Å². The highest BCUT2D eigenvalue weighted by atomic mass is 16.3. The number of benzene rings is 1. The van der Waals surface area contributed by atoms with E-state index in [1.54, 1.807) is 0 Å². The Kier molecular flexibility index (Phi) is 5.22. The number of anilines is 1. The molecule has 0 aliphatic heterocycles. The van der Waals surface area contributed by atoms with Crippen molar-refractivity contribution in [3.63, 3.8) is 0 Å². The van der Waals surface area contributed by atoms with Crippen LogP contribution in [-0.2, 0) is 6.54 Å². The van der Waals surface area contributed by atoms with E-state index >= 15 is 0 Å². The number of rotatable bonds is 5. The van der Waals surface area contributed by atoms with Crippen molar-refractivity contribution in [1.82, 2.24) is 5.32 Å². The van der Waals surface area contributed by atoms with Gasteiger partial charge in [0.1, 0.15) is 0 Å².